The lowest BCUT2D eigenvalue weighted by molar-refractivity contribution is 0.812. The zero-order chi connectivity index (χ0) is 12.1. The molecule has 0 aromatic carbocycles. The average molecular weight is 215 g/mol. The second kappa shape index (κ2) is 5.32. The van der Waals surface area contributed by atoms with E-state index in [1.165, 1.54) is 0 Å². The molecule has 1 atom stereocenters. The van der Waals surface area contributed by atoms with Gasteiger partial charge in [-0.15, -0.1) is 6.58 Å². The second-order valence-electron chi connectivity index (χ2n) is 3.95. The van der Waals surface area contributed by atoms with E-state index in [1.807, 2.05) is 26.0 Å². The van der Waals surface area contributed by atoms with Crippen LogP contribution in [0.2, 0.25) is 0 Å². The van der Waals surface area contributed by atoms with Gasteiger partial charge in [-0.05, 0) is 33.3 Å². The zero-order valence-corrected chi connectivity index (χ0v) is 10.0. The van der Waals surface area contributed by atoms with Gasteiger partial charge in [-0.3, -0.25) is 4.98 Å². The third-order valence-corrected chi connectivity index (χ3v) is 2.36. The molecule has 1 aromatic rings. The van der Waals surface area contributed by atoms with Gasteiger partial charge in [-0.25, -0.2) is 0 Å². The van der Waals surface area contributed by atoms with Gasteiger partial charge in [0, 0.05) is 11.7 Å². The average Bonchev–Trinajstić information content (AvgIpc) is 2.17. The lowest BCUT2D eigenvalue weighted by Gasteiger charge is -2.15. The fourth-order valence-electron chi connectivity index (χ4n) is 1.66. The molecular formula is C13H17N3. The number of pyridine rings is 1. The summed E-state index contributed by atoms with van der Waals surface area (Å²) in [5, 5.41) is 12.4. The number of nitriles is 1. The Bertz CT molecular complexity index is 430. The van der Waals surface area contributed by atoms with Crippen LogP contribution < -0.4 is 5.32 Å². The molecule has 0 fully saturated rings. The van der Waals surface area contributed by atoms with E-state index in [-0.39, 0.29) is 6.04 Å². The van der Waals surface area contributed by atoms with Crippen molar-refractivity contribution in [2.24, 2.45) is 0 Å². The molecule has 1 unspecified atom stereocenters. The number of aromatic nitrogens is 1. The van der Waals surface area contributed by atoms with Gasteiger partial charge in [0.05, 0.1) is 16.9 Å². The minimum atomic E-state index is 0.269. The summed E-state index contributed by atoms with van der Waals surface area (Å²) < 4.78 is 0. The predicted octanol–water partition coefficient (Wildman–Crippen LogP) is 2.95. The standard InChI is InChI=1S/C13H17N3/c1-5-6-9(2)16-13-7-10(3)15-11(4)12(13)8-14/h5,7,9H,1,6H2,2-4H3,(H,15,16). The van der Waals surface area contributed by atoms with Gasteiger partial charge in [0.1, 0.15) is 6.07 Å². The van der Waals surface area contributed by atoms with Crippen LogP contribution in [0.25, 0.3) is 0 Å². The fourth-order valence-corrected chi connectivity index (χ4v) is 1.66. The molecule has 0 aliphatic carbocycles. The van der Waals surface area contributed by atoms with Gasteiger partial charge in [-0.1, -0.05) is 6.08 Å². The lowest BCUT2D eigenvalue weighted by atomic mass is 10.1. The highest BCUT2D eigenvalue weighted by Gasteiger charge is 2.09. The van der Waals surface area contributed by atoms with Crippen LogP contribution in [0.4, 0.5) is 5.69 Å². The van der Waals surface area contributed by atoms with Gasteiger partial charge >= 0.3 is 0 Å². The molecule has 0 radical (unpaired) electrons. The van der Waals surface area contributed by atoms with Gasteiger partial charge in [0.2, 0.25) is 0 Å². The van der Waals surface area contributed by atoms with Crippen LogP contribution in [0, 0.1) is 25.2 Å². The van der Waals surface area contributed by atoms with Crippen molar-refractivity contribution in [3.63, 3.8) is 0 Å². The number of nitrogens with zero attached hydrogens (tertiary/aromatic N) is 2. The predicted molar refractivity (Wildman–Crippen MR) is 66.3 cm³/mol. The largest absolute Gasteiger partial charge is 0.381 e. The summed E-state index contributed by atoms with van der Waals surface area (Å²) in [7, 11) is 0. The van der Waals surface area contributed by atoms with Gasteiger partial charge in [-0.2, -0.15) is 5.26 Å². The SMILES string of the molecule is C=CCC(C)Nc1cc(C)nc(C)c1C#N. The van der Waals surface area contributed by atoms with E-state index in [4.69, 9.17) is 5.26 Å². The molecule has 1 aromatic heterocycles. The first-order chi connectivity index (χ1) is 7.58. The summed E-state index contributed by atoms with van der Waals surface area (Å²) in [6, 6.07) is 4.36. The van der Waals surface area contributed by atoms with Crippen LogP contribution >= 0.6 is 0 Å². The Morgan fingerprint density at radius 1 is 1.62 bits per heavy atom. The van der Waals surface area contributed by atoms with Crippen LogP contribution in [0.15, 0.2) is 18.7 Å². The highest BCUT2D eigenvalue weighted by molar-refractivity contribution is 5.60. The molecule has 0 spiro atoms. The maximum Gasteiger partial charge on any atom is 0.103 e. The van der Waals surface area contributed by atoms with E-state index in [1.54, 1.807) is 0 Å². The van der Waals surface area contributed by atoms with Crippen LogP contribution in [0.1, 0.15) is 30.3 Å². The molecule has 0 bridgehead atoms. The Morgan fingerprint density at radius 3 is 2.88 bits per heavy atom. The van der Waals surface area contributed by atoms with Crippen LogP contribution in [-0.4, -0.2) is 11.0 Å². The number of rotatable bonds is 4. The van der Waals surface area contributed by atoms with Crippen molar-refractivity contribution in [2.75, 3.05) is 5.32 Å². The fraction of sp³-hybridized carbons (Fsp3) is 0.385. The summed E-state index contributed by atoms with van der Waals surface area (Å²) in [6.07, 6.45) is 2.73. The van der Waals surface area contributed by atoms with Crippen molar-refractivity contribution >= 4 is 5.69 Å². The Labute approximate surface area is 96.8 Å². The molecule has 1 heterocycles. The molecule has 1 rings (SSSR count). The quantitative estimate of drug-likeness (QED) is 0.785. The highest BCUT2D eigenvalue weighted by Crippen LogP contribution is 2.20. The second-order valence-corrected chi connectivity index (χ2v) is 3.95. The van der Waals surface area contributed by atoms with Crippen LogP contribution in [0.3, 0.4) is 0 Å². The summed E-state index contributed by atoms with van der Waals surface area (Å²) in [5.74, 6) is 0. The third-order valence-electron chi connectivity index (χ3n) is 2.36. The molecule has 84 valence electrons. The minimum absolute atomic E-state index is 0.269. The summed E-state index contributed by atoms with van der Waals surface area (Å²) >= 11 is 0. The smallest absolute Gasteiger partial charge is 0.103 e. The normalized spacial score (nSPS) is 11.6. The first-order valence-corrected chi connectivity index (χ1v) is 5.34. The van der Waals surface area contributed by atoms with E-state index < -0.39 is 0 Å². The maximum absolute atomic E-state index is 9.08. The lowest BCUT2D eigenvalue weighted by Crippen LogP contribution is -2.15. The monoisotopic (exact) mass is 215 g/mol. The molecule has 16 heavy (non-hydrogen) atoms. The summed E-state index contributed by atoms with van der Waals surface area (Å²) in [5.41, 5.74) is 3.18. The minimum Gasteiger partial charge on any atom is -0.381 e. The number of hydrogen-bond acceptors (Lipinski definition) is 3. The van der Waals surface area contributed by atoms with Crippen molar-refractivity contribution in [1.29, 1.82) is 5.26 Å². The molecule has 0 saturated heterocycles. The number of hydrogen-bond donors (Lipinski definition) is 1. The Hall–Kier alpha value is -1.82. The van der Waals surface area contributed by atoms with Crippen molar-refractivity contribution in [3.8, 4) is 6.07 Å². The van der Waals surface area contributed by atoms with Crippen molar-refractivity contribution in [2.45, 2.75) is 33.2 Å². The van der Waals surface area contributed by atoms with Crippen LogP contribution in [0.5, 0.6) is 0 Å². The van der Waals surface area contributed by atoms with Crippen molar-refractivity contribution in [1.82, 2.24) is 4.98 Å². The summed E-state index contributed by atoms with van der Waals surface area (Å²) in [4.78, 5) is 4.28. The molecular weight excluding hydrogens is 198 g/mol. The number of aryl methyl sites for hydroxylation is 2. The summed E-state index contributed by atoms with van der Waals surface area (Å²) in [6.45, 7) is 9.55. The van der Waals surface area contributed by atoms with Gasteiger partial charge in [0.25, 0.3) is 0 Å². The number of anilines is 1. The van der Waals surface area contributed by atoms with E-state index in [0.29, 0.717) is 5.56 Å². The molecule has 3 heteroatoms. The van der Waals surface area contributed by atoms with E-state index in [9.17, 15) is 0 Å². The molecule has 0 aliphatic rings. The van der Waals surface area contributed by atoms with Crippen LogP contribution in [-0.2, 0) is 0 Å². The Kier molecular flexibility index (Phi) is 4.07. The van der Waals surface area contributed by atoms with E-state index in [2.05, 4.69) is 29.9 Å². The van der Waals surface area contributed by atoms with E-state index >= 15 is 0 Å². The molecule has 1 N–H and O–H groups in total. The van der Waals surface area contributed by atoms with Crippen molar-refractivity contribution in [3.05, 3.63) is 35.7 Å². The third kappa shape index (κ3) is 2.83. The molecule has 0 aliphatic heterocycles. The molecule has 3 nitrogen and oxygen atoms in total. The molecule has 0 amide bonds. The Balaban J connectivity index is 3.03. The Morgan fingerprint density at radius 2 is 2.31 bits per heavy atom. The molecule has 0 saturated carbocycles. The first-order valence-electron chi connectivity index (χ1n) is 5.34. The topological polar surface area (TPSA) is 48.7 Å². The maximum atomic E-state index is 9.08. The highest BCUT2D eigenvalue weighted by atomic mass is 14.9. The number of nitrogens with one attached hydrogen (secondary N) is 1. The zero-order valence-electron chi connectivity index (χ0n) is 10.0. The van der Waals surface area contributed by atoms with Crippen molar-refractivity contribution < 1.29 is 0 Å². The van der Waals surface area contributed by atoms with Gasteiger partial charge in [0.15, 0.2) is 0 Å². The van der Waals surface area contributed by atoms with Gasteiger partial charge < -0.3 is 5.32 Å². The first kappa shape index (κ1) is 12.3. The van der Waals surface area contributed by atoms with E-state index in [0.717, 1.165) is 23.5 Å².